The second-order valence-corrected chi connectivity index (χ2v) is 7.69. The van der Waals surface area contributed by atoms with E-state index in [-0.39, 0.29) is 12.1 Å². The Bertz CT molecular complexity index is 1200. The van der Waals surface area contributed by atoms with Crippen LogP contribution in [0.5, 0.6) is 5.88 Å². The van der Waals surface area contributed by atoms with E-state index in [0.29, 0.717) is 17.5 Å². The Morgan fingerprint density at radius 3 is 3.00 bits per heavy atom. The van der Waals surface area contributed by atoms with E-state index in [4.69, 9.17) is 9.72 Å². The molecule has 1 fully saturated rings. The van der Waals surface area contributed by atoms with Crippen molar-refractivity contribution in [2.24, 2.45) is 4.99 Å². The Labute approximate surface area is 185 Å². The van der Waals surface area contributed by atoms with E-state index in [1.54, 1.807) is 11.9 Å². The van der Waals surface area contributed by atoms with Crippen LogP contribution in [0.4, 0.5) is 22.1 Å². The zero-order valence-electron chi connectivity index (χ0n) is 17.9. The first-order chi connectivity index (χ1) is 15.7. The minimum absolute atomic E-state index is 0.0439. The third kappa shape index (κ3) is 3.62. The number of fused-ring (bicyclic) bond motifs is 4. The molecule has 3 aromatic rings. The van der Waals surface area contributed by atoms with Gasteiger partial charge < -0.3 is 9.64 Å². The maximum Gasteiger partial charge on any atom is 0.329 e. The average molecular weight is 429 g/mol. The Kier molecular flexibility index (Phi) is 5.14. The summed E-state index contributed by atoms with van der Waals surface area (Å²) in [5.74, 6) is 1.32. The Morgan fingerprint density at radius 2 is 2.16 bits per heavy atom. The highest BCUT2D eigenvalue weighted by molar-refractivity contribution is 6.04. The lowest BCUT2D eigenvalue weighted by Gasteiger charge is -2.35. The number of nitrogens with one attached hydrogen (secondary N) is 1. The van der Waals surface area contributed by atoms with Gasteiger partial charge in [-0.3, -0.25) is 20.2 Å². The highest BCUT2D eigenvalue weighted by atomic mass is 16.5. The summed E-state index contributed by atoms with van der Waals surface area (Å²) < 4.78 is 5.11. The van der Waals surface area contributed by atoms with Gasteiger partial charge in [-0.15, -0.1) is 0 Å². The van der Waals surface area contributed by atoms with Crippen molar-refractivity contribution in [1.82, 2.24) is 15.0 Å². The van der Waals surface area contributed by atoms with Crippen molar-refractivity contribution >= 4 is 29.6 Å². The van der Waals surface area contributed by atoms with E-state index in [2.05, 4.69) is 25.2 Å². The number of rotatable bonds is 4. The molecule has 0 radical (unpaired) electrons. The van der Waals surface area contributed by atoms with Gasteiger partial charge in [0, 0.05) is 31.9 Å². The summed E-state index contributed by atoms with van der Waals surface area (Å²) in [6, 6.07) is 11.8. The van der Waals surface area contributed by atoms with Crippen LogP contribution >= 0.6 is 0 Å². The molecule has 2 aromatic heterocycles. The lowest BCUT2D eigenvalue weighted by molar-refractivity contribution is 0.254. The highest BCUT2D eigenvalue weighted by Gasteiger charge is 2.40. The minimum atomic E-state index is -0.281. The number of urea groups is 1. The Balaban J connectivity index is 1.51. The molecule has 2 bridgehead atoms. The van der Waals surface area contributed by atoms with Gasteiger partial charge in [0.25, 0.3) is 0 Å². The summed E-state index contributed by atoms with van der Waals surface area (Å²) >= 11 is 0. The van der Waals surface area contributed by atoms with Crippen LogP contribution in [0.25, 0.3) is 11.3 Å². The van der Waals surface area contributed by atoms with Crippen LogP contribution in [0, 0.1) is 0 Å². The summed E-state index contributed by atoms with van der Waals surface area (Å²) in [6.07, 6.45) is 5.68. The van der Waals surface area contributed by atoms with Gasteiger partial charge in [0.15, 0.2) is 11.6 Å². The summed E-state index contributed by atoms with van der Waals surface area (Å²) in [6.45, 7) is 1.68. The Morgan fingerprint density at radius 1 is 1.25 bits per heavy atom. The molecule has 0 spiro atoms. The van der Waals surface area contributed by atoms with Crippen molar-refractivity contribution < 1.29 is 9.53 Å². The standard InChI is InChI=1S/C23H23N7O2/c1-24-11-15-4-3-5-16(10-15)18-6-7-19-22(26-18)30(17-8-9-29(19)14-17)23(31)28-20-12-25-13-21(27-20)32-2/h3-7,10-13,17H,8-9,14H2,1-2H3,(H,27,28,31)/b24-11+/t17-/m0/s1. The van der Waals surface area contributed by atoms with E-state index < -0.39 is 0 Å². The van der Waals surface area contributed by atoms with E-state index in [1.165, 1.54) is 19.5 Å². The average Bonchev–Trinajstić information content (AvgIpc) is 3.23. The summed E-state index contributed by atoms with van der Waals surface area (Å²) in [5, 5.41) is 2.85. The van der Waals surface area contributed by atoms with Gasteiger partial charge in [-0.1, -0.05) is 18.2 Å². The number of pyridine rings is 1. The van der Waals surface area contributed by atoms with Crippen molar-refractivity contribution in [1.29, 1.82) is 0 Å². The fraction of sp³-hybridized carbons (Fsp3) is 0.261. The predicted molar refractivity (Wildman–Crippen MR) is 124 cm³/mol. The number of carbonyl (C=O) groups is 1. The van der Waals surface area contributed by atoms with Crippen LogP contribution in [-0.2, 0) is 0 Å². The van der Waals surface area contributed by atoms with Crippen LogP contribution in [0.15, 0.2) is 53.8 Å². The maximum absolute atomic E-state index is 13.3. The normalized spacial score (nSPS) is 16.9. The van der Waals surface area contributed by atoms with Gasteiger partial charge in [0.05, 0.1) is 36.9 Å². The first-order valence-electron chi connectivity index (χ1n) is 10.4. The molecule has 2 amide bonds. The number of amides is 2. The van der Waals surface area contributed by atoms with Gasteiger partial charge in [0.1, 0.15) is 0 Å². The molecule has 1 aromatic carbocycles. The second-order valence-electron chi connectivity index (χ2n) is 7.69. The molecule has 1 N–H and O–H groups in total. The van der Waals surface area contributed by atoms with Crippen LogP contribution in [0.1, 0.15) is 12.0 Å². The van der Waals surface area contributed by atoms with Crippen molar-refractivity contribution in [3.05, 3.63) is 54.4 Å². The number of aromatic nitrogens is 3. The zero-order chi connectivity index (χ0) is 22.1. The fourth-order valence-electron chi connectivity index (χ4n) is 4.24. The second kappa shape index (κ2) is 8.26. The number of methoxy groups -OCH3 is 1. The number of carbonyl (C=O) groups excluding carboxylic acids is 1. The molecule has 32 heavy (non-hydrogen) atoms. The van der Waals surface area contributed by atoms with Crippen molar-refractivity contribution in [2.45, 2.75) is 12.5 Å². The van der Waals surface area contributed by atoms with E-state index in [0.717, 1.165) is 42.0 Å². The van der Waals surface area contributed by atoms with Crippen LogP contribution in [0.2, 0.25) is 0 Å². The quantitative estimate of drug-likeness (QED) is 0.640. The molecule has 0 saturated carbocycles. The van der Waals surface area contributed by atoms with Crippen LogP contribution in [0.3, 0.4) is 0 Å². The van der Waals surface area contributed by atoms with Gasteiger partial charge in [-0.05, 0) is 30.2 Å². The number of anilines is 3. The van der Waals surface area contributed by atoms with Crippen LogP contribution < -0.4 is 19.9 Å². The van der Waals surface area contributed by atoms with Crippen molar-refractivity contribution in [3.8, 4) is 17.1 Å². The first kappa shape index (κ1) is 19.9. The molecule has 1 atom stereocenters. The lowest BCUT2D eigenvalue weighted by atomic mass is 10.1. The third-order valence-corrected chi connectivity index (χ3v) is 5.69. The molecule has 2 aliphatic rings. The molecule has 2 aliphatic heterocycles. The Hall–Kier alpha value is -4.01. The highest BCUT2D eigenvalue weighted by Crippen LogP contribution is 2.40. The summed E-state index contributed by atoms with van der Waals surface area (Å²) in [7, 11) is 3.26. The molecule has 5 rings (SSSR count). The van der Waals surface area contributed by atoms with Crippen LogP contribution in [-0.4, -0.2) is 60.5 Å². The lowest BCUT2D eigenvalue weighted by Crippen LogP contribution is -2.48. The van der Waals surface area contributed by atoms with Gasteiger partial charge in [-0.25, -0.2) is 9.78 Å². The third-order valence-electron chi connectivity index (χ3n) is 5.69. The number of hydrogen-bond acceptors (Lipinski definition) is 7. The number of aliphatic imine (C=N–C) groups is 1. The molecule has 4 heterocycles. The zero-order valence-corrected chi connectivity index (χ0v) is 17.9. The number of benzene rings is 1. The number of nitrogens with zero attached hydrogens (tertiary/aromatic N) is 6. The number of ether oxygens (including phenoxy) is 1. The van der Waals surface area contributed by atoms with Gasteiger partial charge in [-0.2, -0.15) is 4.98 Å². The smallest absolute Gasteiger partial charge is 0.329 e. The van der Waals surface area contributed by atoms with Crippen molar-refractivity contribution in [2.75, 3.05) is 42.4 Å². The first-order valence-corrected chi connectivity index (χ1v) is 10.4. The maximum atomic E-state index is 13.3. The largest absolute Gasteiger partial charge is 0.480 e. The molecular formula is C23H23N7O2. The van der Waals surface area contributed by atoms with E-state index in [9.17, 15) is 4.79 Å². The predicted octanol–water partition coefficient (Wildman–Crippen LogP) is 3.23. The van der Waals surface area contributed by atoms with E-state index >= 15 is 0 Å². The summed E-state index contributed by atoms with van der Waals surface area (Å²) in [5.41, 5.74) is 3.73. The summed E-state index contributed by atoms with van der Waals surface area (Å²) in [4.78, 5) is 34.7. The minimum Gasteiger partial charge on any atom is -0.480 e. The number of hydrogen-bond donors (Lipinski definition) is 1. The van der Waals surface area contributed by atoms with Gasteiger partial charge in [0.2, 0.25) is 5.88 Å². The monoisotopic (exact) mass is 429 g/mol. The molecule has 1 saturated heterocycles. The molecule has 162 valence electrons. The molecule has 0 aliphatic carbocycles. The fourth-order valence-corrected chi connectivity index (χ4v) is 4.24. The molecule has 9 heteroatoms. The SMILES string of the molecule is C/N=C/c1cccc(-c2ccc3c(n2)N(C(=O)Nc2cncc(OC)n2)[C@H]2CCN3C2)c1. The molecule has 9 nitrogen and oxygen atoms in total. The van der Waals surface area contributed by atoms with Gasteiger partial charge >= 0.3 is 6.03 Å². The van der Waals surface area contributed by atoms with E-state index in [1.807, 2.05) is 42.6 Å². The molecule has 0 unspecified atom stereocenters. The van der Waals surface area contributed by atoms with Crippen molar-refractivity contribution in [3.63, 3.8) is 0 Å². The topological polar surface area (TPSA) is 95.8 Å². The molecular weight excluding hydrogens is 406 g/mol.